The van der Waals surface area contributed by atoms with Gasteiger partial charge in [-0.25, -0.2) is 4.98 Å². The summed E-state index contributed by atoms with van der Waals surface area (Å²) in [6.45, 7) is 4.98. The first-order valence-corrected chi connectivity index (χ1v) is 5.83. The van der Waals surface area contributed by atoms with Crippen LogP contribution in [0.3, 0.4) is 0 Å². The molecule has 0 aromatic carbocycles. The van der Waals surface area contributed by atoms with Crippen molar-refractivity contribution in [2.24, 2.45) is 0 Å². The highest BCUT2D eigenvalue weighted by molar-refractivity contribution is 7.07. The first kappa shape index (κ1) is 11.1. The summed E-state index contributed by atoms with van der Waals surface area (Å²) < 4.78 is 5.41. The highest BCUT2D eigenvalue weighted by atomic mass is 32.1. The highest BCUT2D eigenvalue weighted by Gasteiger charge is 2.04. The molecule has 86 valence electrons. The summed E-state index contributed by atoms with van der Waals surface area (Å²) in [5.41, 5.74) is 1.80. The molecular weight excluding hydrogens is 226 g/mol. The molecule has 0 saturated heterocycles. The molecule has 0 fully saturated rings. The third-order valence-electron chi connectivity index (χ3n) is 2.24. The van der Waals surface area contributed by atoms with Crippen LogP contribution in [-0.2, 0) is 13.1 Å². The van der Waals surface area contributed by atoms with E-state index in [1.807, 2.05) is 13.8 Å². The van der Waals surface area contributed by atoms with Gasteiger partial charge in [-0.15, -0.1) is 0 Å². The number of aromatic nitrogens is 2. The fourth-order valence-electron chi connectivity index (χ4n) is 1.32. The second kappa shape index (κ2) is 4.63. The predicted octanol–water partition coefficient (Wildman–Crippen LogP) is 1.33. The Bertz CT molecular complexity index is 507. The smallest absolute Gasteiger partial charge is 0.304 e. The van der Waals surface area contributed by atoms with Crippen molar-refractivity contribution in [2.45, 2.75) is 26.9 Å². The van der Waals surface area contributed by atoms with E-state index in [9.17, 15) is 4.79 Å². The summed E-state index contributed by atoms with van der Waals surface area (Å²) in [7, 11) is 0. The first-order chi connectivity index (χ1) is 7.65. The molecule has 0 aliphatic carbocycles. The van der Waals surface area contributed by atoms with Gasteiger partial charge in [0.2, 0.25) is 5.89 Å². The maximum absolute atomic E-state index is 10.9. The summed E-state index contributed by atoms with van der Waals surface area (Å²) in [6, 6.07) is 0. The molecule has 16 heavy (non-hydrogen) atoms. The second-order valence-electron chi connectivity index (χ2n) is 3.53. The van der Waals surface area contributed by atoms with E-state index in [-0.39, 0.29) is 4.87 Å². The fraction of sp³-hybridized carbons (Fsp3) is 0.400. The van der Waals surface area contributed by atoms with Crippen molar-refractivity contribution in [1.29, 1.82) is 0 Å². The number of thiazole rings is 1. The Morgan fingerprint density at radius 2 is 2.31 bits per heavy atom. The van der Waals surface area contributed by atoms with Gasteiger partial charge in [-0.3, -0.25) is 4.79 Å². The summed E-state index contributed by atoms with van der Waals surface area (Å²) in [5.74, 6) is 1.52. The van der Waals surface area contributed by atoms with E-state index in [1.54, 1.807) is 5.38 Å². The number of nitrogens with zero attached hydrogens (tertiary/aromatic N) is 1. The van der Waals surface area contributed by atoms with E-state index in [4.69, 9.17) is 4.42 Å². The third-order valence-corrected chi connectivity index (χ3v) is 2.95. The van der Waals surface area contributed by atoms with Crippen LogP contribution < -0.4 is 10.2 Å². The third kappa shape index (κ3) is 2.59. The Kier molecular flexibility index (Phi) is 3.21. The Hall–Kier alpha value is -1.40. The fourth-order valence-corrected chi connectivity index (χ4v) is 1.90. The number of oxazole rings is 1. The lowest BCUT2D eigenvalue weighted by Gasteiger charge is -1.98. The van der Waals surface area contributed by atoms with E-state index in [0.29, 0.717) is 19.0 Å². The van der Waals surface area contributed by atoms with E-state index in [1.165, 1.54) is 11.3 Å². The van der Waals surface area contributed by atoms with E-state index in [0.717, 1.165) is 17.1 Å². The molecule has 0 amide bonds. The van der Waals surface area contributed by atoms with Crippen LogP contribution in [0.5, 0.6) is 0 Å². The minimum atomic E-state index is -0.0281. The molecule has 2 aromatic rings. The van der Waals surface area contributed by atoms with Gasteiger partial charge in [0.05, 0.1) is 12.2 Å². The van der Waals surface area contributed by atoms with Crippen molar-refractivity contribution in [3.8, 4) is 0 Å². The lowest BCUT2D eigenvalue weighted by atomic mass is 10.4. The zero-order valence-corrected chi connectivity index (χ0v) is 9.98. The Balaban J connectivity index is 1.86. The minimum Gasteiger partial charge on any atom is -0.444 e. The van der Waals surface area contributed by atoms with Gasteiger partial charge in [-0.2, -0.15) is 0 Å². The number of rotatable bonds is 4. The number of hydrogen-bond donors (Lipinski definition) is 2. The molecule has 2 N–H and O–H groups in total. The van der Waals surface area contributed by atoms with Crippen LogP contribution in [0.1, 0.15) is 23.0 Å². The zero-order valence-electron chi connectivity index (χ0n) is 9.16. The molecule has 0 saturated carbocycles. The zero-order chi connectivity index (χ0) is 11.5. The topological polar surface area (TPSA) is 70.9 Å². The van der Waals surface area contributed by atoms with Crippen molar-refractivity contribution < 1.29 is 4.42 Å². The van der Waals surface area contributed by atoms with Gasteiger partial charge in [-0.1, -0.05) is 11.3 Å². The molecule has 2 rings (SSSR count). The van der Waals surface area contributed by atoms with Crippen molar-refractivity contribution >= 4 is 11.3 Å². The SMILES string of the molecule is Cc1nc(CNCc2csc(=O)[nH]2)oc1C. The van der Waals surface area contributed by atoms with Crippen LogP contribution >= 0.6 is 11.3 Å². The maximum atomic E-state index is 10.9. The molecule has 0 atom stereocenters. The summed E-state index contributed by atoms with van der Waals surface area (Å²) >= 11 is 1.17. The van der Waals surface area contributed by atoms with E-state index in [2.05, 4.69) is 15.3 Å². The van der Waals surface area contributed by atoms with Crippen LogP contribution in [0.2, 0.25) is 0 Å². The molecule has 6 heteroatoms. The molecule has 0 aliphatic rings. The van der Waals surface area contributed by atoms with Crippen LogP contribution in [0, 0.1) is 13.8 Å². The molecular formula is C10H13N3O2S. The normalized spacial score (nSPS) is 10.9. The van der Waals surface area contributed by atoms with Crippen molar-refractivity contribution in [3.05, 3.63) is 38.1 Å². The van der Waals surface area contributed by atoms with Gasteiger partial charge in [-0.05, 0) is 13.8 Å². The van der Waals surface area contributed by atoms with Crippen LogP contribution in [0.4, 0.5) is 0 Å². The van der Waals surface area contributed by atoms with E-state index < -0.39 is 0 Å². The molecule has 0 spiro atoms. The average molecular weight is 239 g/mol. The lowest BCUT2D eigenvalue weighted by Crippen LogP contribution is -2.14. The van der Waals surface area contributed by atoms with Crippen LogP contribution in [0.15, 0.2) is 14.6 Å². The number of aryl methyl sites for hydroxylation is 2. The summed E-state index contributed by atoms with van der Waals surface area (Å²) in [4.78, 5) is 17.8. The van der Waals surface area contributed by atoms with Gasteiger partial charge >= 0.3 is 4.87 Å². The minimum absolute atomic E-state index is 0.0281. The molecule has 2 heterocycles. The molecule has 0 radical (unpaired) electrons. The van der Waals surface area contributed by atoms with Crippen LogP contribution in [0.25, 0.3) is 0 Å². The number of nitrogens with one attached hydrogen (secondary N) is 2. The molecule has 0 bridgehead atoms. The van der Waals surface area contributed by atoms with Gasteiger partial charge in [0.15, 0.2) is 0 Å². The Morgan fingerprint density at radius 3 is 2.88 bits per heavy atom. The van der Waals surface area contributed by atoms with Crippen molar-refractivity contribution in [3.63, 3.8) is 0 Å². The number of aromatic amines is 1. The largest absolute Gasteiger partial charge is 0.444 e. The number of hydrogen-bond acceptors (Lipinski definition) is 5. The lowest BCUT2D eigenvalue weighted by molar-refractivity contribution is 0.448. The maximum Gasteiger partial charge on any atom is 0.304 e. The van der Waals surface area contributed by atoms with E-state index >= 15 is 0 Å². The predicted molar refractivity (Wildman–Crippen MR) is 61.5 cm³/mol. The van der Waals surface area contributed by atoms with Crippen molar-refractivity contribution in [1.82, 2.24) is 15.3 Å². The molecule has 2 aromatic heterocycles. The molecule has 0 unspecified atom stereocenters. The average Bonchev–Trinajstić information content (AvgIpc) is 2.75. The van der Waals surface area contributed by atoms with Gasteiger partial charge in [0, 0.05) is 17.6 Å². The van der Waals surface area contributed by atoms with Gasteiger partial charge in [0.1, 0.15) is 5.76 Å². The highest BCUT2D eigenvalue weighted by Crippen LogP contribution is 2.07. The number of H-pyrrole nitrogens is 1. The molecule has 0 aliphatic heterocycles. The summed E-state index contributed by atoms with van der Waals surface area (Å²) in [5, 5.41) is 4.96. The van der Waals surface area contributed by atoms with Gasteiger partial charge in [0.25, 0.3) is 0 Å². The second-order valence-corrected chi connectivity index (χ2v) is 4.37. The van der Waals surface area contributed by atoms with Crippen LogP contribution in [-0.4, -0.2) is 9.97 Å². The standard InChI is InChI=1S/C10H13N3O2S/c1-6-7(2)15-9(12-6)4-11-3-8-5-16-10(14)13-8/h5,11H,3-4H2,1-2H3,(H,13,14). The quantitative estimate of drug-likeness (QED) is 0.844. The first-order valence-electron chi connectivity index (χ1n) is 4.95. The monoisotopic (exact) mass is 239 g/mol. The van der Waals surface area contributed by atoms with Gasteiger partial charge < -0.3 is 14.7 Å². The molecule has 5 nitrogen and oxygen atoms in total. The summed E-state index contributed by atoms with van der Waals surface area (Å²) in [6.07, 6.45) is 0. The Morgan fingerprint density at radius 1 is 1.50 bits per heavy atom. The Labute approximate surface area is 96.5 Å². The van der Waals surface area contributed by atoms with Crippen molar-refractivity contribution in [2.75, 3.05) is 0 Å².